The van der Waals surface area contributed by atoms with Crippen LogP contribution in [0.3, 0.4) is 0 Å². The van der Waals surface area contributed by atoms with Crippen LogP contribution in [0, 0.1) is 10.1 Å². The number of non-ortho nitro benzene ring substituents is 1. The van der Waals surface area contributed by atoms with Crippen molar-refractivity contribution in [3.63, 3.8) is 0 Å². The molecule has 0 bridgehead atoms. The molecule has 1 saturated heterocycles. The van der Waals surface area contributed by atoms with Crippen molar-refractivity contribution in [2.45, 2.75) is 45.3 Å². The molecular formula is C17H21NO5. The number of carbonyl (C=O) groups is 1. The maximum Gasteiger partial charge on any atom is 0.338 e. The lowest BCUT2D eigenvalue weighted by Gasteiger charge is -2.06. The van der Waals surface area contributed by atoms with Crippen molar-refractivity contribution in [1.29, 1.82) is 0 Å². The molecule has 6 heteroatoms. The van der Waals surface area contributed by atoms with E-state index in [2.05, 4.69) is 19.9 Å². The molecule has 0 spiro atoms. The normalized spacial score (nSPS) is 22.3. The number of hydrogen-bond acceptors (Lipinski definition) is 5. The van der Waals surface area contributed by atoms with Crippen LogP contribution in [0.1, 0.15) is 44.0 Å². The molecule has 23 heavy (non-hydrogen) atoms. The summed E-state index contributed by atoms with van der Waals surface area (Å²) in [7, 11) is 0. The van der Waals surface area contributed by atoms with E-state index in [-0.39, 0.29) is 24.0 Å². The van der Waals surface area contributed by atoms with E-state index in [4.69, 9.17) is 9.47 Å². The molecule has 0 aromatic heterocycles. The third kappa shape index (κ3) is 4.63. The number of allylic oxidation sites excluding steroid dienone is 2. The van der Waals surface area contributed by atoms with Gasteiger partial charge in [0.05, 0.1) is 16.1 Å². The van der Waals surface area contributed by atoms with Crippen LogP contribution in [-0.4, -0.2) is 29.2 Å². The van der Waals surface area contributed by atoms with Gasteiger partial charge in [-0.3, -0.25) is 10.1 Å². The van der Waals surface area contributed by atoms with Gasteiger partial charge in [-0.2, -0.15) is 0 Å². The third-order valence-electron chi connectivity index (χ3n) is 3.91. The van der Waals surface area contributed by atoms with Gasteiger partial charge in [-0.15, -0.1) is 0 Å². The second-order valence-electron chi connectivity index (χ2n) is 6.14. The molecule has 6 nitrogen and oxygen atoms in total. The predicted molar refractivity (Wildman–Crippen MR) is 85.3 cm³/mol. The number of benzene rings is 1. The quantitative estimate of drug-likeness (QED) is 0.252. The number of rotatable bonds is 7. The minimum atomic E-state index is -0.509. The van der Waals surface area contributed by atoms with E-state index in [0.29, 0.717) is 5.56 Å². The Morgan fingerprint density at radius 2 is 2.04 bits per heavy atom. The first-order valence-corrected chi connectivity index (χ1v) is 7.54. The summed E-state index contributed by atoms with van der Waals surface area (Å²) >= 11 is 0. The molecule has 1 aromatic rings. The standard InChI is InChI=1S/C17H21NO5/c1-12(2)5-4-10-17(3)15(23-17)11-22-16(19)13-6-8-14(9-7-13)18(20)21/h5-9,15H,4,10-11H2,1-3H3/t15-,17+/m0/s1. The maximum atomic E-state index is 11.9. The first-order valence-electron chi connectivity index (χ1n) is 7.54. The van der Waals surface area contributed by atoms with E-state index < -0.39 is 10.9 Å². The van der Waals surface area contributed by atoms with Crippen LogP contribution in [-0.2, 0) is 9.47 Å². The van der Waals surface area contributed by atoms with Gasteiger partial charge in [0.15, 0.2) is 0 Å². The van der Waals surface area contributed by atoms with Gasteiger partial charge in [-0.05, 0) is 45.7 Å². The van der Waals surface area contributed by atoms with Gasteiger partial charge in [-0.25, -0.2) is 4.79 Å². The summed E-state index contributed by atoms with van der Waals surface area (Å²) in [5, 5.41) is 10.6. The number of nitro groups is 1. The van der Waals surface area contributed by atoms with E-state index >= 15 is 0 Å². The van der Waals surface area contributed by atoms with Gasteiger partial charge in [0.1, 0.15) is 12.7 Å². The molecule has 124 valence electrons. The smallest absolute Gasteiger partial charge is 0.338 e. The Hall–Kier alpha value is -2.21. The molecule has 1 fully saturated rings. The van der Waals surface area contributed by atoms with Crippen LogP contribution >= 0.6 is 0 Å². The minimum absolute atomic E-state index is 0.0566. The first kappa shape index (κ1) is 17.1. The summed E-state index contributed by atoms with van der Waals surface area (Å²) in [6, 6.07) is 5.35. The van der Waals surface area contributed by atoms with Crippen LogP contribution in [0.25, 0.3) is 0 Å². The van der Waals surface area contributed by atoms with Gasteiger partial charge in [0.25, 0.3) is 5.69 Å². The molecular weight excluding hydrogens is 298 g/mol. The SMILES string of the molecule is CC(C)=CCC[C@@]1(C)O[C@H]1COC(=O)c1ccc([N+](=O)[O-])cc1. The molecule has 0 saturated carbocycles. The fourth-order valence-corrected chi connectivity index (χ4v) is 2.32. The molecule has 0 amide bonds. The number of carbonyl (C=O) groups excluding carboxylic acids is 1. The van der Waals surface area contributed by atoms with E-state index in [9.17, 15) is 14.9 Å². The van der Waals surface area contributed by atoms with Crippen molar-refractivity contribution >= 4 is 11.7 Å². The Morgan fingerprint density at radius 3 is 2.61 bits per heavy atom. The zero-order valence-corrected chi connectivity index (χ0v) is 13.6. The highest BCUT2D eigenvalue weighted by molar-refractivity contribution is 5.89. The molecule has 0 unspecified atom stereocenters. The van der Waals surface area contributed by atoms with Crippen molar-refractivity contribution in [2.24, 2.45) is 0 Å². The molecule has 1 heterocycles. The lowest BCUT2D eigenvalue weighted by Crippen LogP contribution is -2.17. The highest BCUT2D eigenvalue weighted by atomic mass is 16.6. The summed E-state index contributed by atoms with van der Waals surface area (Å²) in [5.41, 5.74) is 1.28. The maximum absolute atomic E-state index is 11.9. The van der Waals surface area contributed by atoms with E-state index in [1.165, 1.54) is 29.8 Å². The summed E-state index contributed by atoms with van der Waals surface area (Å²) in [4.78, 5) is 22.0. The van der Waals surface area contributed by atoms with Gasteiger partial charge in [-0.1, -0.05) is 11.6 Å². The number of epoxide rings is 1. The van der Waals surface area contributed by atoms with Crippen molar-refractivity contribution in [3.8, 4) is 0 Å². The molecule has 1 aliphatic heterocycles. The number of nitrogens with zero attached hydrogens (tertiary/aromatic N) is 1. The fraction of sp³-hybridized carbons (Fsp3) is 0.471. The van der Waals surface area contributed by atoms with E-state index in [1.807, 2.05) is 6.92 Å². The largest absolute Gasteiger partial charge is 0.459 e. The van der Waals surface area contributed by atoms with Crippen molar-refractivity contribution in [2.75, 3.05) is 6.61 Å². The third-order valence-corrected chi connectivity index (χ3v) is 3.91. The van der Waals surface area contributed by atoms with Gasteiger partial charge in [0.2, 0.25) is 0 Å². The van der Waals surface area contributed by atoms with Crippen molar-refractivity contribution in [3.05, 3.63) is 51.6 Å². The lowest BCUT2D eigenvalue weighted by atomic mass is 10.0. The monoisotopic (exact) mass is 319 g/mol. The summed E-state index contributed by atoms with van der Waals surface area (Å²) in [6.07, 6.45) is 3.89. The van der Waals surface area contributed by atoms with Crippen molar-refractivity contribution in [1.82, 2.24) is 0 Å². The number of nitro benzene ring substituents is 1. The highest BCUT2D eigenvalue weighted by Crippen LogP contribution is 2.40. The average Bonchev–Trinajstić information content (AvgIpc) is 3.15. The fourth-order valence-electron chi connectivity index (χ4n) is 2.32. The first-order chi connectivity index (χ1) is 10.8. The molecule has 0 radical (unpaired) electrons. The number of ether oxygens (including phenoxy) is 2. The average molecular weight is 319 g/mol. The Morgan fingerprint density at radius 1 is 1.39 bits per heavy atom. The zero-order chi connectivity index (χ0) is 17.0. The van der Waals surface area contributed by atoms with Crippen molar-refractivity contribution < 1.29 is 19.2 Å². The highest BCUT2D eigenvalue weighted by Gasteiger charge is 2.52. The van der Waals surface area contributed by atoms with Crippen LogP contribution < -0.4 is 0 Å². The Bertz CT molecular complexity index is 618. The molecule has 0 N–H and O–H groups in total. The van der Waals surface area contributed by atoms with Crippen LogP contribution in [0.5, 0.6) is 0 Å². The zero-order valence-electron chi connectivity index (χ0n) is 13.6. The van der Waals surface area contributed by atoms with Gasteiger partial charge < -0.3 is 9.47 Å². The van der Waals surface area contributed by atoms with Crippen LogP contribution in [0.4, 0.5) is 5.69 Å². The van der Waals surface area contributed by atoms with Crippen LogP contribution in [0.15, 0.2) is 35.9 Å². The number of hydrogen-bond donors (Lipinski definition) is 0. The molecule has 1 aliphatic rings. The molecule has 2 rings (SSSR count). The minimum Gasteiger partial charge on any atom is -0.459 e. The Labute approximate surface area is 135 Å². The molecule has 1 aromatic carbocycles. The topological polar surface area (TPSA) is 82.0 Å². The second-order valence-corrected chi connectivity index (χ2v) is 6.14. The Kier molecular flexibility index (Phi) is 5.15. The summed E-state index contributed by atoms with van der Waals surface area (Å²) in [5.74, 6) is -0.498. The summed E-state index contributed by atoms with van der Waals surface area (Å²) < 4.78 is 10.9. The molecule has 0 aliphatic carbocycles. The van der Waals surface area contributed by atoms with E-state index in [1.54, 1.807) is 0 Å². The number of esters is 1. The second kappa shape index (κ2) is 6.91. The Balaban J connectivity index is 1.79. The van der Waals surface area contributed by atoms with E-state index in [0.717, 1.165) is 12.8 Å². The van der Waals surface area contributed by atoms with Crippen LogP contribution in [0.2, 0.25) is 0 Å². The lowest BCUT2D eigenvalue weighted by molar-refractivity contribution is -0.384. The predicted octanol–water partition coefficient (Wildman–Crippen LogP) is 3.66. The molecule has 2 atom stereocenters. The van der Waals surface area contributed by atoms with Gasteiger partial charge >= 0.3 is 5.97 Å². The summed E-state index contributed by atoms with van der Waals surface area (Å²) in [6.45, 7) is 6.32. The van der Waals surface area contributed by atoms with Gasteiger partial charge in [0, 0.05) is 12.1 Å².